The summed E-state index contributed by atoms with van der Waals surface area (Å²) in [6, 6.07) is 6.32. The zero-order valence-electron chi connectivity index (χ0n) is 7.56. The monoisotopic (exact) mass is 192 g/mol. The molecule has 5 heteroatoms. The highest BCUT2D eigenvalue weighted by molar-refractivity contribution is 5.48. The van der Waals surface area contributed by atoms with E-state index < -0.39 is 4.92 Å². The third-order valence-electron chi connectivity index (χ3n) is 1.74. The summed E-state index contributed by atoms with van der Waals surface area (Å²) < 4.78 is 5.01. The maximum absolute atomic E-state index is 10.5. The molecular weight excluding hydrogens is 184 g/mol. The largest absolute Gasteiger partial charge is 0.478 e. The summed E-state index contributed by atoms with van der Waals surface area (Å²) in [7, 11) is 0. The normalized spacial score (nSPS) is 9.14. The van der Waals surface area contributed by atoms with Gasteiger partial charge in [-0.15, -0.1) is 0 Å². The molecule has 1 aromatic rings. The van der Waals surface area contributed by atoms with E-state index in [0.717, 1.165) is 0 Å². The fraction of sp³-hybridized carbons (Fsp3) is 0.222. The first-order valence-corrected chi connectivity index (χ1v) is 3.90. The Morgan fingerprint density at radius 1 is 1.64 bits per heavy atom. The van der Waals surface area contributed by atoms with Crippen LogP contribution in [0, 0.1) is 28.4 Å². The van der Waals surface area contributed by atoms with E-state index in [1.54, 1.807) is 19.1 Å². The van der Waals surface area contributed by atoms with Crippen molar-refractivity contribution in [3.8, 4) is 11.8 Å². The first-order chi connectivity index (χ1) is 6.66. The lowest BCUT2D eigenvalue weighted by atomic mass is 10.2. The Hall–Kier alpha value is -2.09. The van der Waals surface area contributed by atoms with Crippen LogP contribution in [0.2, 0.25) is 0 Å². The van der Waals surface area contributed by atoms with Gasteiger partial charge in [0.05, 0.1) is 10.5 Å². The van der Waals surface area contributed by atoms with Crippen molar-refractivity contribution >= 4 is 5.69 Å². The first kappa shape index (κ1) is 9.99. The smallest absolute Gasteiger partial charge is 0.276 e. The standard InChI is InChI=1S/C9H8N2O3/c1-7-8(11(12)13)3-2-4-9(7)14-6-5-10/h2-4H,6H2,1H3. The predicted molar refractivity (Wildman–Crippen MR) is 48.9 cm³/mol. The molecule has 0 amide bonds. The Morgan fingerprint density at radius 3 is 2.93 bits per heavy atom. The van der Waals surface area contributed by atoms with Crippen molar-refractivity contribution in [1.82, 2.24) is 0 Å². The minimum atomic E-state index is -0.478. The number of nitro groups is 1. The topological polar surface area (TPSA) is 76.2 Å². The first-order valence-electron chi connectivity index (χ1n) is 3.90. The molecule has 0 atom stereocenters. The molecule has 5 nitrogen and oxygen atoms in total. The summed E-state index contributed by atoms with van der Waals surface area (Å²) in [6.07, 6.45) is 0. The summed E-state index contributed by atoms with van der Waals surface area (Å²) in [4.78, 5) is 10.1. The Kier molecular flexibility index (Phi) is 3.02. The molecule has 0 spiro atoms. The van der Waals surface area contributed by atoms with Crippen molar-refractivity contribution in [2.75, 3.05) is 6.61 Å². The van der Waals surface area contributed by atoms with Crippen molar-refractivity contribution in [3.05, 3.63) is 33.9 Å². The van der Waals surface area contributed by atoms with Crippen molar-refractivity contribution in [3.63, 3.8) is 0 Å². The Bertz CT molecular complexity index is 396. The number of hydrogen-bond donors (Lipinski definition) is 0. The van der Waals surface area contributed by atoms with E-state index in [1.807, 2.05) is 0 Å². The second-order valence-electron chi connectivity index (χ2n) is 2.60. The van der Waals surface area contributed by atoms with Gasteiger partial charge in [-0.1, -0.05) is 6.07 Å². The molecule has 0 N–H and O–H groups in total. The van der Waals surface area contributed by atoms with Crippen LogP contribution >= 0.6 is 0 Å². The number of benzene rings is 1. The fourth-order valence-corrected chi connectivity index (χ4v) is 1.07. The molecule has 0 aliphatic rings. The molecule has 14 heavy (non-hydrogen) atoms. The number of nitro benzene ring substituents is 1. The van der Waals surface area contributed by atoms with Gasteiger partial charge in [0.25, 0.3) is 5.69 Å². The van der Waals surface area contributed by atoms with E-state index in [0.29, 0.717) is 11.3 Å². The predicted octanol–water partition coefficient (Wildman–Crippen LogP) is 1.81. The van der Waals surface area contributed by atoms with Gasteiger partial charge >= 0.3 is 0 Å². The lowest BCUT2D eigenvalue weighted by Crippen LogP contribution is -1.98. The van der Waals surface area contributed by atoms with Gasteiger partial charge < -0.3 is 4.74 Å². The van der Waals surface area contributed by atoms with Crippen LogP contribution in [0.25, 0.3) is 0 Å². The Morgan fingerprint density at radius 2 is 2.36 bits per heavy atom. The minimum absolute atomic E-state index is 0.000407. The summed E-state index contributed by atoms with van der Waals surface area (Å²) in [5, 5.41) is 18.8. The van der Waals surface area contributed by atoms with E-state index in [9.17, 15) is 10.1 Å². The molecule has 0 aromatic heterocycles. The third kappa shape index (κ3) is 1.98. The van der Waals surface area contributed by atoms with Crippen LogP contribution in [-0.2, 0) is 0 Å². The van der Waals surface area contributed by atoms with Crippen LogP contribution < -0.4 is 4.74 Å². The Labute approximate surface area is 80.7 Å². The highest BCUT2D eigenvalue weighted by Gasteiger charge is 2.13. The summed E-state index contributed by atoms with van der Waals surface area (Å²) in [5.41, 5.74) is 0.438. The van der Waals surface area contributed by atoms with Gasteiger partial charge in [0, 0.05) is 6.07 Å². The molecule has 72 valence electrons. The van der Waals surface area contributed by atoms with Crippen LogP contribution in [0.15, 0.2) is 18.2 Å². The number of rotatable bonds is 3. The quantitative estimate of drug-likeness (QED) is 0.540. The van der Waals surface area contributed by atoms with E-state index in [2.05, 4.69) is 0 Å². The second kappa shape index (κ2) is 4.23. The van der Waals surface area contributed by atoms with E-state index >= 15 is 0 Å². The molecule has 0 aliphatic carbocycles. The number of hydrogen-bond acceptors (Lipinski definition) is 4. The molecule has 0 radical (unpaired) electrons. The maximum Gasteiger partial charge on any atom is 0.276 e. The van der Waals surface area contributed by atoms with Gasteiger partial charge in [0.15, 0.2) is 6.61 Å². The van der Waals surface area contributed by atoms with Crippen LogP contribution in [0.4, 0.5) is 5.69 Å². The van der Waals surface area contributed by atoms with Crippen LogP contribution in [0.1, 0.15) is 5.56 Å². The molecular formula is C9H8N2O3. The maximum atomic E-state index is 10.5. The minimum Gasteiger partial charge on any atom is -0.478 e. The number of nitrogens with zero attached hydrogens (tertiary/aromatic N) is 2. The van der Waals surface area contributed by atoms with Gasteiger partial charge in [-0.05, 0) is 13.0 Å². The molecule has 0 saturated heterocycles. The molecule has 0 unspecified atom stereocenters. The second-order valence-corrected chi connectivity index (χ2v) is 2.60. The zero-order valence-corrected chi connectivity index (χ0v) is 7.56. The van der Waals surface area contributed by atoms with Gasteiger partial charge in [-0.25, -0.2) is 0 Å². The molecule has 0 aliphatic heterocycles. The number of nitriles is 1. The highest BCUT2D eigenvalue weighted by Crippen LogP contribution is 2.26. The average molecular weight is 192 g/mol. The molecule has 0 heterocycles. The van der Waals surface area contributed by atoms with Gasteiger partial charge in [0.2, 0.25) is 0 Å². The van der Waals surface area contributed by atoms with Gasteiger partial charge in [-0.2, -0.15) is 5.26 Å². The van der Waals surface area contributed by atoms with Gasteiger partial charge in [0.1, 0.15) is 11.8 Å². The van der Waals surface area contributed by atoms with Crippen LogP contribution in [0.3, 0.4) is 0 Å². The lowest BCUT2D eigenvalue weighted by Gasteiger charge is -2.04. The van der Waals surface area contributed by atoms with Crippen molar-refractivity contribution in [2.45, 2.75) is 6.92 Å². The lowest BCUT2D eigenvalue weighted by molar-refractivity contribution is -0.385. The van der Waals surface area contributed by atoms with Gasteiger partial charge in [-0.3, -0.25) is 10.1 Å². The fourth-order valence-electron chi connectivity index (χ4n) is 1.07. The average Bonchev–Trinajstić information content (AvgIpc) is 2.16. The molecule has 0 saturated carbocycles. The molecule has 0 fully saturated rings. The summed E-state index contributed by atoms with van der Waals surface area (Å²) >= 11 is 0. The van der Waals surface area contributed by atoms with Crippen LogP contribution in [-0.4, -0.2) is 11.5 Å². The highest BCUT2D eigenvalue weighted by atomic mass is 16.6. The SMILES string of the molecule is Cc1c(OCC#N)cccc1[N+](=O)[O-]. The molecule has 1 rings (SSSR count). The number of ether oxygens (including phenoxy) is 1. The summed E-state index contributed by atoms with van der Waals surface area (Å²) in [5.74, 6) is 0.376. The van der Waals surface area contributed by atoms with Crippen LogP contribution in [0.5, 0.6) is 5.75 Å². The van der Waals surface area contributed by atoms with E-state index in [-0.39, 0.29) is 12.3 Å². The van der Waals surface area contributed by atoms with Crippen molar-refractivity contribution in [1.29, 1.82) is 5.26 Å². The van der Waals surface area contributed by atoms with Crippen molar-refractivity contribution in [2.24, 2.45) is 0 Å². The van der Waals surface area contributed by atoms with E-state index in [4.69, 9.17) is 10.00 Å². The Balaban J connectivity index is 3.02. The molecule has 0 bridgehead atoms. The molecule has 1 aromatic carbocycles. The van der Waals surface area contributed by atoms with Crippen molar-refractivity contribution < 1.29 is 9.66 Å². The zero-order chi connectivity index (χ0) is 10.6. The summed E-state index contributed by atoms with van der Waals surface area (Å²) in [6.45, 7) is 1.48. The third-order valence-corrected chi connectivity index (χ3v) is 1.74. The van der Waals surface area contributed by atoms with E-state index in [1.165, 1.54) is 12.1 Å².